The molecule has 1 saturated carbocycles. The predicted molar refractivity (Wildman–Crippen MR) is 55.1 cm³/mol. The Bertz CT molecular complexity index is 351. The lowest BCUT2D eigenvalue weighted by atomic mass is 10.5. The number of hydrogen-bond donors (Lipinski definition) is 1. The van der Waals surface area contributed by atoms with E-state index in [1.165, 1.54) is 11.3 Å². The third-order valence-electron chi connectivity index (χ3n) is 2.00. The number of carboxylic acids is 1. The molecule has 0 amide bonds. The maximum Gasteiger partial charge on any atom is 0.323 e. The van der Waals surface area contributed by atoms with E-state index in [-0.39, 0.29) is 6.54 Å². The first kappa shape index (κ1) is 9.73. The fourth-order valence-corrected chi connectivity index (χ4v) is 2.28. The fourth-order valence-electron chi connectivity index (χ4n) is 1.26. The summed E-state index contributed by atoms with van der Waals surface area (Å²) in [7, 11) is 0. The summed E-state index contributed by atoms with van der Waals surface area (Å²) in [6, 6.07) is 0.341. The summed E-state index contributed by atoms with van der Waals surface area (Å²) >= 11 is 7.08. The van der Waals surface area contributed by atoms with Gasteiger partial charge in [-0.3, -0.25) is 4.79 Å². The van der Waals surface area contributed by atoms with Crippen LogP contribution in [0.2, 0.25) is 5.15 Å². The molecule has 1 aromatic heterocycles. The van der Waals surface area contributed by atoms with Crippen LogP contribution in [0.1, 0.15) is 12.8 Å². The third-order valence-corrected chi connectivity index (χ3v) is 3.20. The topological polar surface area (TPSA) is 53.4 Å². The molecule has 0 saturated heterocycles. The number of nitrogens with zero attached hydrogens (tertiary/aromatic N) is 2. The van der Waals surface area contributed by atoms with E-state index >= 15 is 0 Å². The van der Waals surface area contributed by atoms with E-state index in [2.05, 4.69) is 4.98 Å². The molecule has 0 radical (unpaired) electrons. The number of hydrogen-bond acceptors (Lipinski definition) is 4. The average molecular weight is 233 g/mol. The molecular formula is C8H9ClN2O2S. The van der Waals surface area contributed by atoms with Crippen molar-refractivity contribution < 1.29 is 9.90 Å². The Morgan fingerprint density at radius 1 is 1.79 bits per heavy atom. The Labute approximate surface area is 90.1 Å². The molecule has 0 aliphatic heterocycles. The van der Waals surface area contributed by atoms with Crippen LogP contribution in [0, 0.1) is 0 Å². The zero-order valence-corrected chi connectivity index (χ0v) is 8.88. The summed E-state index contributed by atoms with van der Waals surface area (Å²) in [4.78, 5) is 16.5. The second kappa shape index (κ2) is 3.74. The zero-order chi connectivity index (χ0) is 10.1. The SMILES string of the molecule is O=C(O)CN(c1nc(Cl)cs1)C1CC1. The highest BCUT2D eigenvalue weighted by molar-refractivity contribution is 7.14. The van der Waals surface area contributed by atoms with Crippen LogP contribution in [0.3, 0.4) is 0 Å². The summed E-state index contributed by atoms with van der Waals surface area (Å²) in [5.41, 5.74) is 0. The van der Waals surface area contributed by atoms with Crippen LogP contribution in [0.4, 0.5) is 5.13 Å². The van der Waals surface area contributed by atoms with Crippen LogP contribution < -0.4 is 4.90 Å². The molecule has 0 atom stereocenters. The molecule has 0 aromatic carbocycles. The van der Waals surface area contributed by atoms with E-state index in [1.807, 2.05) is 0 Å². The van der Waals surface area contributed by atoms with Crippen LogP contribution in [-0.2, 0) is 4.79 Å². The van der Waals surface area contributed by atoms with Gasteiger partial charge in [0.2, 0.25) is 0 Å². The third kappa shape index (κ3) is 2.16. The second-order valence-corrected chi connectivity index (χ2v) is 4.43. The van der Waals surface area contributed by atoms with Gasteiger partial charge in [0.05, 0.1) is 0 Å². The number of thiazole rings is 1. The minimum absolute atomic E-state index is 0.00844. The zero-order valence-electron chi connectivity index (χ0n) is 7.31. The van der Waals surface area contributed by atoms with Crippen molar-refractivity contribution in [2.24, 2.45) is 0 Å². The van der Waals surface area contributed by atoms with Crippen LogP contribution in [0.5, 0.6) is 0 Å². The molecule has 2 rings (SSSR count). The first-order chi connectivity index (χ1) is 6.66. The summed E-state index contributed by atoms with van der Waals surface area (Å²) in [6.07, 6.45) is 2.09. The molecule has 6 heteroatoms. The fraction of sp³-hybridized carbons (Fsp3) is 0.500. The minimum Gasteiger partial charge on any atom is -0.480 e. The first-order valence-corrected chi connectivity index (χ1v) is 5.52. The van der Waals surface area contributed by atoms with Crippen molar-refractivity contribution in [3.05, 3.63) is 10.5 Å². The van der Waals surface area contributed by atoms with Gasteiger partial charge in [0.1, 0.15) is 11.7 Å². The molecule has 0 bridgehead atoms. The number of carbonyl (C=O) groups is 1. The van der Waals surface area contributed by atoms with Crippen molar-refractivity contribution in [2.45, 2.75) is 18.9 Å². The Kier molecular flexibility index (Phi) is 2.60. The lowest BCUT2D eigenvalue weighted by Crippen LogP contribution is -2.31. The number of halogens is 1. The average Bonchev–Trinajstić information content (AvgIpc) is 2.85. The molecule has 1 aromatic rings. The number of anilines is 1. The van der Waals surface area contributed by atoms with Gasteiger partial charge >= 0.3 is 5.97 Å². The molecule has 1 aliphatic rings. The highest BCUT2D eigenvalue weighted by Crippen LogP contribution is 2.33. The smallest absolute Gasteiger partial charge is 0.323 e. The minimum atomic E-state index is -0.830. The number of carboxylic acid groups (broad SMARTS) is 1. The molecule has 0 spiro atoms. The van der Waals surface area contributed by atoms with Gasteiger partial charge in [-0.1, -0.05) is 11.6 Å². The van der Waals surface area contributed by atoms with Crippen LogP contribution in [0.15, 0.2) is 5.38 Å². The lowest BCUT2D eigenvalue weighted by Gasteiger charge is -2.18. The van der Waals surface area contributed by atoms with Crippen molar-refractivity contribution in [3.8, 4) is 0 Å². The monoisotopic (exact) mass is 232 g/mol. The van der Waals surface area contributed by atoms with Gasteiger partial charge in [-0.05, 0) is 12.8 Å². The van der Waals surface area contributed by atoms with Gasteiger partial charge in [-0.15, -0.1) is 11.3 Å². The summed E-state index contributed by atoms with van der Waals surface area (Å²) in [5.74, 6) is -0.830. The molecule has 0 unspecified atom stereocenters. The quantitative estimate of drug-likeness (QED) is 0.861. The van der Waals surface area contributed by atoms with Gasteiger partial charge in [0, 0.05) is 11.4 Å². The van der Waals surface area contributed by atoms with Gasteiger partial charge in [0.25, 0.3) is 0 Å². The van der Waals surface area contributed by atoms with E-state index < -0.39 is 5.97 Å². The standard InChI is InChI=1S/C8H9ClN2O2S/c9-6-4-14-8(10-6)11(3-7(12)13)5-1-2-5/h4-5H,1-3H2,(H,12,13). The Hall–Kier alpha value is -0.810. The van der Waals surface area contributed by atoms with Crippen molar-refractivity contribution in [1.29, 1.82) is 0 Å². The first-order valence-electron chi connectivity index (χ1n) is 4.26. The Morgan fingerprint density at radius 3 is 2.93 bits per heavy atom. The maximum absolute atomic E-state index is 10.6. The van der Waals surface area contributed by atoms with Crippen LogP contribution in [-0.4, -0.2) is 28.6 Å². The van der Waals surface area contributed by atoms with Crippen LogP contribution >= 0.6 is 22.9 Å². The molecule has 76 valence electrons. The second-order valence-electron chi connectivity index (χ2n) is 3.21. The van der Waals surface area contributed by atoms with E-state index in [4.69, 9.17) is 16.7 Å². The molecule has 1 aliphatic carbocycles. The maximum atomic E-state index is 10.6. The largest absolute Gasteiger partial charge is 0.480 e. The number of rotatable bonds is 4. The molecule has 1 N–H and O–H groups in total. The van der Waals surface area contributed by atoms with Crippen molar-refractivity contribution in [3.63, 3.8) is 0 Å². The summed E-state index contributed by atoms with van der Waals surface area (Å²) < 4.78 is 0. The van der Waals surface area contributed by atoms with E-state index in [9.17, 15) is 4.79 Å². The lowest BCUT2D eigenvalue weighted by molar-refractivity contribution is -0.135. The molecule has 14 heavy (non-hydrogen) atoms. The van der Waals surface area contributed by atoms with Gasteiger partial charge in [-0.25, -0.2) is 4.98 Å². The molecular weight excluding hydrogens is 224 g/mol. The highest BCUT2D eigenvalue weighted by Gasteiger charge is 2.32. The molecule has 4 nitrogen and oxygen atoms in total. The predicted octanol–water partition coefficient (Wildman–Crippen LogP) is 1.85. The molecule has 1 fully saturated rings. The number of aromatic nitrogens is 1. The summed E-state index contributed by atoms with van der Waals surface area (Å²) in [5, 5.41) is 11.6. The summed E-state index contributed by atoms with van der Waals surface area (Å²) in [6.45, 7) is 0.00844. The van der Waals surface area contributed by atoms with Crippen LogP contribution in [0.25, 0.3) is 0 Å². The highest BCUT2D eigenvalue weighted by atomic mass is 35.5. The van der Waals surface area contributed by atoms with Gasteiger partial charge < -0.3 is 10.0 Å². The Morgan fingerprint density at radius 2 is 2.50 bits per heavy atom. The van der Waals surface area contributed by atoms with Gasteiger partial charge in [0.15, 0.2) is 5.13 Å². The van der Waals surface area contributed by atoms with Crippen molar-refractivity contribution in [1.82, 2.24) is 4.98 Å². The number of aliphatic carboxylic acids is 1. The van der Waals surface area contributed by atoms with E-state index in [0.717, 1.165) is 12.8 Å². The van der Waals surface area contributed by atoms with E-state index in [1.54, 1.807) is 10.3 Å². The van der Waals surface area contributed by atoms with Crippen molar-refractivity contribution in [2.75, 3.05) is 11.4 Å². The van der Waals surface area contributed by atoms with E-state index in [0.29, 0.717) is 16.3 Å². The van der Waals surface area contributed by atoms with Crippen molar-refractivity contribution >= 4 is 34.0 Å². The normalized spacial score (nSPS) is 15.5. The molecule has 1 heterocycles. The van der Waals surface area contributed by atoms with Gasteiger partial charge in [-0.2, -0.15) is 0 Å². The Balaban J connectivity index is 2.13.